The van der Waals surface area contributed by atoms with E-state index >= 15 is 0 Å². The number of thiophene rings is 1. The fourth-order valence-electron chi connectivity index (χ4n) is 1.79. The van der Waals surface area contributed by atoms with Gasteiger partial charge >= 0.3 is 6.18 Å². The quantitative estimate of drug-likeness (QED) is 0.800. The Kier molecular flexibility index (Phi) is 4.90. The molecule has 2 aromatic rings. The molecule has 2 rings (SSSR count). The van der Waals surface area contributed by atoms with Crippen LogP contribution in [0.15, 0.2) is 41.1 Å². The first-order chi connectivity index (χ1) is 9.85. The fraction of sp³-hybridized carbons (Fsp3) is 0.214. The van der Waals surface area contributed by atoms with Crippen molar-refractivity contribution < 1.29 is 18.0 Å². The fourth-order valence-corrected chi connectivity index (χ4v) is 2.58. The van der Waals surface area contributed by atoms with Crippen LogP contribution in [0.2, 0.25) is 5.02 Å². The van der Waals surface area contributed by atoms with Gasteiger partial charge in [0.1, 0.15) is 6.54 Å². The van der Waals surface area contributed by atoms with Gasteiger partial charge in [-0.3, -0.25) is 4.79 Å². The van der Waals surface area contributed by atoms with Gasteiger partial charge in [0, 0.05) is 17.1 Å². The molecule has 0 saturated heterocycles. The molecular formula is C14H11ClF3NOS. The summed E-state index contributed by atoms with van der Waals surface area (Å²) in [6.45, 7) is -1.37. The molecule has 0 saturated carbocycles. The van der Waals surface area contributed by atoms with Gasteiger partial charge in [0.2, 0.25) is 0 Å². The largest absolute Gasteiger partial charge is 0.406 e. The zero-order valence-corrected chi connectivity index (χ0v) is 12.3. The Morgan fingerprint density at radius 1 is 1.19 bits per heavy atom. The van der Waals surface area contributed by atoms with E-state index in [1.807, 2.05) is 0 Å². The Labute approximate surface area is 128 Å². The summed E-state index contributed by atoms with van der Waals surface area (Å²) < 4.78 is 38.0. The Bertz CT molecular complexity index is 596. The minimum absolute atomic E-state index is 0.0789. The average Bonchev–Trinajstić information content (AvgIpc) is 2.89. The van der Waals surface area contributed by atoms with Crippen LogP contribution in [0.1, 0.15) is 15.9 Å². The van der Waals surface area contributed by atoms with Crippen LogP contribution in [-0.4, -0.2) is 23.5 Å². The van der Waals surface area contributed by atoms with Crippen molar-refractivity contribution in [2.45, 2.75) is 12.7 Å². The zero-order valence-electron chi connectivity index (χ0n) is 10.7. The van der Waals surface area contributed by atoms with Crippen LogP contribution in [0, 0.1) is 0 Å². The van der Waals surface area contributed by atoms with Crippen LogP contribution >= 0.6 is 22.9 Å². The van der Waals surface area contributed by atoms with Crippen molar-refractivity contribution in [2.24, 2.45) is 0 Å². The molecular weight excluding hydrogens is 323 g/mol. The zero-order chi connectivity index (χ0) is 15.5. The molecule has 0 fully saturated rings. The minimum Gasteiger partial charge on any atom is -0.325 e. The molecule has 0 unspecified atom stereocenters. The van der Waals surface area contributed by atoms with Gasteiger partial charge in [-0.15, -0.1) is 0 Å². The summed E-state index contributed by atoms with van der Waals surface area (Å²) in [6.07, 6.45) is -4.45. The van der Waals surface area contributed by atoms with Crippen molar-refractivity contribution in [3.05, 3.63) is 57.2 Å². The maximum absolute atomic E-state index is 12.7. The number of carbonyl (C=O) groups excluding carboxylic acids is 1. The summed E-state index contributed by atoms with van der Waals surface area (Å²) in [5, 5.41) is 3.90. The lowest BCUT2D eigenvalue weighted by Crippen LogP contribution is -2.38. The van der Waals surface area contributed by atoms with Gasteiger partial charge < -0.3 is 4.90 Å². The maximum Gasteiger partial charge on any atom is 0.406 e. The molecule has 21 heavy (non-hydrogen) atoms. The van der Waals surface area contributed by atoms with Gasteiger partial charge in [-0.05, 0) is 46.7 Å². The van der Waals surface area contributed by atoms with E-state index in [1.54, 1.807) is 16.8 Å². The predicted octanol–water partition coefficient (Wildman–Crippen LogP) is 4.61. The lowest BCUT2D eigenvalue weighted by molar-refractivity contribution is -0.141. The number of benzene rings is 1. The van der Waals surface area contributed by atoms with E-state index < -0.39 is 18.6 Å². The van der Waals surface area contributed by atoms with Gasteiger partial charge in [0.05, 0.1) is 0 Å². The first-order valence-corrected chi connectivity index (χ1v) is 7.30. The number of rotatable bonds is 4. The third-order valence-corrected chi connectivity index (χ3v) is 3.69. The molecule has 0 N–H and O–H groups in total. The molecule has 2 nitrogen and oxygen atoms in total. The van der Waals surface area contributed by atoms with Crippen molar-refractivity contribution >= 4 is 28.8 Å². The molecule has 1 aromatic heterocycles. The van der Waals surface area contributed by atoms with E-state index in [4.69, 9.17) is 11.6 Å². The highest BCUT2D eigenvalue weighted by molar-refractivity contribution is 7.07. The van der Waals surface area contributed by atoms with Crippen LogP contribution in [0.5, 0.6) is 0 Å². The Morgan fingerprint density at radius 3 is 2.38 bits per heavy atom. The molecule has 1 heterocycles. The SMILES string of the molecule is O=C(c1ccc(Cl)cc1)N(Cc1ccsc1)CC(F)(F)F. The van der Waals surface area contributed by atoms with Crippen LogP contribution < -0.4 is 0 Å². The lowest BCUT2D eigenvalue weighted by atomic mass is 10.2. The number of hydrogen-bond donors (Lipinski definition) is 0. The molecule has 0 aliphatic rings. The van der Waals surface area contributed by atoms with Crippen LogP contribution in [0.4, 0.5) is 13.2 Å². The molecule has 112 valence electrons. The van der Waals surface area contributed by atoms with Crippen molar-refractivity contribution in [1.82, 2.24) is 4.90 Å². The van der Waals surface area contributed by atoms with Gasteiger partial charge in [-0.25, -0.2) is 0 Å². The Morgan fingerprint density at radius 2 is 1.86 bits per heavy atom. The van der Waals surface area contributed by atoms with Gasteiger partial charge in [0.15, 0.2) is 0 Å². The number of alkyl halides is 3. The number of halogens is 4. The van der Waals surface area contributed by atoms with Crippen molar-refractivity contribution in [3.63, 3.8) is 0 Å². The first-order valence-electron chi connectivity index (χ1n) is 5.98. The van der Waals surface area contributed by atoms with E-state index in [0.717, 1.165) is 4.90 Å². The second-order valence-corrected chi connectivity index (χ2v) is 5.63. The van der Waals surface area contributed by atoms with Gasteiger partial charge in [-0.2, -0.15) is 24.5 Å². The second kappa shape index (κ2) is 6.49. The molecule has 0 aliphatic carbocycles. The predicted molar refractivity (Wildman–Crippen MR) is 76.6 cm³/mol. The van der Waals surface area contributed by atoms with E-state index in [9.17, 15) is 18.0 Å². The standard InChI is InChI=1S/C14H11ClF3NOS/c15-12-3-1-11(2-4-12)13(20)19(9-14(16,17)18)7-10-5-6-21-8-10/h1-6,8H,7,9H2. The molecule has 0 aliphatic heterocycles. The van der Waals surface area contributed by atoms with Crippen LogP contribution in [0.3, 0.4) is 0 Å². The highest BCUT2D eigenvalue weighted by Gasteiger charge is 2.33. The maximum atomic E-state index is 12.7. The molecule has 1 aromatic carbocycles. The summed E-state index contributed by atoms with van der Waals surface area (Å²) in [7, 11) is 0. The molecule has 0 bridgehead atoms. The van der Waals surface area contributed by atoms with Crippen LogP contribution in [-0.2, 0) is 6.54 Å². The Balaban J connectivity index is 2.21. The van der Waals surface area contributed by atoms with Crippen molar-refractivity contribution in [3.8, 4) is 0 Å². The molecule has 0 spiro atoms. The molecule has 0 radical (unpaired) electrons. The first kappa shape index (κ1) is 15.9. The van der Waals surface area contributed by atoms with E-state index in [0.29, 0.717) is 10.6 Å². The normalized spacial score (nSPS) is 11.4. The van der Waals surface area contributed by atoms with Crippen molar-refractivity contribution in [2.75, 3.05) is 6.54 Å². The number of nitrogens with zero attached hydrogens (tertiary/aromatic N) is 1. The topological polar surface area (TPSA) is 20.3 Å². The smallest absolute Gasteiger partial charge is 0.325 e. The lowest BCUT2D eigenvalue weighted by Gasteiger charge is -2.23. The molecule has 7 heteroatoms. The van der Waals surface area contributed by atoms with E-state index in [1.165, 1.54) is 35.6 Å². The molecule has 1 amide bonds. The van der Waals surface area contributed by atoms with Crippen molar-refractivity contribution in [1.29, 1.82) is 0 Å². The molecule has 0 atom stereocenters. The van der Waals surface area contributed by atoms with Gasteiger partial charge in [-0.1, -0.05) is 11.6 Å². The summed E-state index contributed by atoms with van der Waals surface area (Å²) >= 11 is 7.09. The monoisotopic (exact) mass is 333 g/mol. The number of carbonyl (C=O) groups is 1. The third kappa shape index (κ3) is 4.75. The second-order valence-electron chi connectivity index (χ2n) is 4.41. The van der Waals surface area contributed by atoms with E-state index in [2.05, 4.69) is 0 Å². The number of hydrogen-bond acceptors (Lipinski definition) is 2. The number of amides is 1. The van der Waals surface area contributed by atoms with Crippen LogP contribution in [0.25, 0.3) is 0 Å². The highest BCUT2D eigenvalue weighted by atomic mass is 35.5. The summed E-state index contributed by atoms with van der Waals surface area (Å²) in [4.78, 5) is 13.0. The highest BCUT2D eigenvalue weighted by Crippen LogP contribution is 2.21. The van der Waals surface area contributed by atoms with E-state index in [-0.39, 0.29) is 12.1 Å². The Hall–Kier alpha value is -1.53. The average molecular weight is 334 g/mol. The summed E-state index contributed by atoms with van der Waals surface area (Å²) in [6, 6.07) is 7.49. The summed E-state index contributed by atoms with van der Waals surface area (Å²) in [5.74, 6) is -0.671. The third-order valence-electron chi connectivity index (χ3n) is 2.70. The van der Waals surface area contributed by atoms with Gasteiger partial charge in [0.25, 0.3) is 5.91 Å². The summed E-state index contributed by atoms with van der Waals surface area (Å²) in [5.41, 5.74) is 0.852. The minimum atomic E-state index is -4.45.